The summed E-state index contributed by atoms with van der Waals surface area (Å²) < 4.78 is 5.02. The van der Waals surface area contributed by atoms with Gasteiger partial charge in [-0.25, -0.2) is 0 Å². The van der Waals surface area contributed by atoms with Gasteiger partial charge in [-0.2, -0.15) is 4.98 Å². The number of amides is 1. The van der Waals surface area contributed by atoms with E-state index in [0.717, 1.165) is 19.3 Å². The highest BCUT2D eigenvalue weighted by Crippen LogP contribution is 2.19. The highest BCUT2D eigenvalue weighted by atomic mass is 16.5. The van der Waals surface area contributed by atoms with E-state index in [1.807, 2.05) is 6.92 Å². The van der Waals surface area contributed by atoms with Crippen LogP contribution in [0.1, 0.15) is 43.9 Å². The minimum absolute atomic E-state index is 0.0673. The number of hydrogen-bond acceptors (Lipinski definition) is 4. The molecule has 17 heavy (non-hydrogen) atoms. The van der Waals surface area contributed by atoms with Crippen molar-refractivity contribution in [2.24, 2.45) is 5.92 Å². The van der Waals surface area contributed by atoms with Crippen molar-refractivity contribution in [3.8, 4) is 0 Å². The van der Waals surface area contributed by atoms with Crippen LogP contribution in [-0.2, 0) is 4.79 Å². The third kappa shape index (κ3) is 2.93. The maximum Gasteiger partial charge on any atom is 0.248 e. The molecule has 2 rings (SSSR count). The molecule has 1 aliphatic rings. The third-order valence-electron chi connectivity index (χ3n) is 2.91. The molecule has 0 unspecified atom stereocenters. The van der Waals surface area contributed by atoms with Gasteiger partial charge in [0.2, 0.25) is 11.8 Å². The summed E-state index contributed by atoms with van der Waals surface area (Å²) in [5, 5.41) is 6.62. The summed E-state index contributed by atoms with van der Waals surface area (Å²) in [6, 6.07) is -0.227. The molecule has 5 heteroatoms. The fourth-order valence-electron chi connectivity index (χ4n) is 1.91. The predicted molar refractivity (Wildman–Crippen MR) is 62.1 cm³/mol. The van der Waals surface area contributed by atoms with Gasteiger partial charge < -0.3 is 9.84 Å². The molecule has 0 fully saturated rings. The SMILES string of the molecule is Cc1noc([C@H](C)NC(=O)[C@@H]2CC=CCC2)n1. The van der Waals surface area contributed by atoms with E-state index in [2.05, 4.69) is 27.6 Å². The summed E-state index contributed by atoms with van der Waals surface area (Å²) in [7, 11) is 0. The van der Waals surface area contributed by atoms with Gasteiger partial charge in [0.25, 0.3) is 0 Å². The first kappa shape index (κ1) is 11.8. The van der Waals surface area contributed by atoms with Gasteiger partial charge in [-0.15, -0.1) is 0 Å². The lowest BCUT2D eigenvalue weighted by molar-refractivity contribution is -0.126. The molecule has 1 heterocycles. The summed E-state index contributed by atoms with van der Waals surface area (Å²) in [6.45, 7) is 3.61. The molecule has 1 N–H and O–H groups in total. The third-order valence-corrected chi connectivity index (χ3v) is 2.91. The van der Waals surface area contributed by atoms with Crippen molar-refractivity contribution in [3.63, 3.8) is 0 Å². The number of hydrogen-bond donors (Lipinski definition) is 1. The second kappa shape index (κ2) is 5.12. The minimum atomic E-state index is -0.227. The molecule has 0 spiro atoms. The van der Waals surface area contributed by atoms with Crippen LogP contribution in [0.15, 0.2) is 16.7 Å². The summed E-state index contributed by atoms with van der Waals surface area (Å²) in [5.74, 6) is 1.19. The van der Waals surface area contributed by atoms with Gasteiger partial charge in [0.05, 0.1) is 0 Å². The van der Waals surface area contributed by atoms with E-state index in [4.69, 9.17) is 4.52 Å². The molecular formula is C12H17N3O2. The first-order valence-electron chi connectivity index (χ1n) is 5.92. The molecule has 1 aromatic rings. The topological polar surface area (TPSA) is 68.0 Å². The van der Waals surface area contributed by atoms with Gasteiger partial charge in [-0.3, -0.25) is 4.79 Å². The molecule has 5 nitrogen and oxygen atoms in total. The van der Waals surface area contributed by atoms with Gasteiger partial charge in [0, 0.05) is 5.92 Å². The van der Waals surface area contributed by atoms with Gasteiger partial charge in [0.1, 0.15) is 6.04 Å². The van der Waals surface area contributed by atoms with E-state index in [9.17, 15) is 4.79 Å². The van der Waals surface area contributed by atoms with Crippen LogP contribution in [0.25, 0.3) is 0 Å². The number of rotatable bonds is 3. The molecule has 1 aromatic heterocycles. The second-order valence-electron chi connectivity index (χ2n) is 4.39. The highest BCUT2D eigenvalue weighted by Gasteiger charge is 2.22. The van der Waals surface area contributed by atoms with E-state index in [1.54, 1.807) is 6.92 Å². The summed E-state index contributed by atoms with van der Waals surface area (Å²) in [6.07, 6.45) is 6.90. The van der Waals surface area contributed by atoms with Crippen LogP contribution in [0.2, 0.25) is 0 Å². The fraction of sp³-hybridized carbons (Fsp3) is 0.583. The number of allylic oxidation sites excluding steroid dienone is 2. The monoisotopic (exact) mass is 235 g/mol. The number of nitrogens with zero attached hydrogens (tertiary/aromatic N) is 2. The molecule has 1 aliphatic carbocycles. The van der Waals surface area contributed by atoms with Crippen molar-refractivity contribution in [3.05, 3.63) is 23.9 Å². The zero-order chi connectivity index (χ0) is 12.3. The van der Waals surface area contributed by atoms with E-state index < -0.39 is 0 Å². The van der Waals surface area contributed by atoms with Gasteiger partial charge in [-0.1, -0.05) is 17.3 Å². The average Bonchev–Trinajstić information content (AvgIpc) is 2.77. The predicted octanol–water partition coefficient (Wildman–Crippen LogP) is 1.91. The normalized spacial score (nSPS) is 21.2. The zero-order valence-corrected chi connectivity index (χ0v) is 10.1. The Bertz CT molecular complexity index is 425. The summed E-state index contributed by atoms with van der Waals surface area (Å²) in [5.41, 5.74) is 0. The lowest BCUT2D eigenvalue weighted by Crippen LogP contribution is -2.33. The molecule has 0 radical (unpaired) electrons. The fourth-order valence-corrected chi connectivity index (χ4v) is 1.91. The first-order chi connectivity index (χ1) is 8.16. The van der Waals surface area contributed by atoms with Crippen LogP contribution in [0.3, 0.4) is 0 Å². The number of aryl methyl sites for hydroxylation is 1. The maximum absolute atomic E-state index is 12.0. The van der Waals surface area contributed by atoms with Gasteiger partial charge >= 0.3 is 0 Å². The van der Waals surface area contributed by atoms with E-state index in [0.29, 0.717) is 11.7 Å². The quantitative estimate of drug-likeness (QED) is 0.812. The molecule has 0 saturated heterocycles. The number of nitrogens with one attached hydrogen (secondary N) is 1. The molecule has 2 atom stereocenters. The number of carbonyl (C=O) groups excluding carboxylic acids is 1. The smallest absolute Gasteiger partial charge is 0.248 e. The Kier molecular flexibility index (Phi) is 3.56. The van der Waals surface area contributed by atoms with E-state index >= 15 is 0 Å². The Morgan fingerprint density at radius 3 is 3.00 bits per heavy atom. The molecule has 0 bridgehead atoms. The summed E-state index contributed by atoms with van der Waals surface area (Å²) in [4.78, 5) is 16.1. The number of carbonyl (C=O) groups is 1. The van der Waals surface area contributed by atoms with E-state index in [-0.39, 0.29) is 17.9 Å². The van der Waals surface area contributed by atoms with Crippen LogP contribution in [0.5, 0.6) is 0 Å². The second-order valence-corrected chi connectivity index (χ2v) is 4.39. The van der Waals surface area contributed by atoms with Crippen LogP contribution < -0.4 is 5.32 Å². The van der Waals surface area contributed by atoms with Crippen molar-refractivity contribution >= 4 is 5.91 Å². The highest BCUT2D eigenvalue weighted by molar-refractivity contribution is 5.79. The molecule has 0 aromatic carbocycles. The van der Waals surface area contributed by atoms with Crippen LogP contribution >= 0.6 is 0 Å². The Balaban J connectivity index is 1.92. The standard InChI is InChI=1S/C12H17N3O2/c1-8(12-14-9(2)15-17-12)13-11(16)10-6-4-3-5-7-10/h3-4,8,10H,5-7H2,1-2H3,(H,13,16)/t8-,10+/m0/s1. The van der Waals surface area contributed by atoms with Crippen molar-refractivity contribution < 1.29 is 9.32 Å². The van der Waals surface area contributed by atoms with Crippen molar-refractivity contribution in [2.45, 2.75) is 39.2 Å². The Labute approximate surface area is 100 Å². The van der Waals surface area contributed by atoms with Crippen LogP contribution in [0.4, 0.5) is 0 Å². The average molecular weight is 235 g/mol. The first-order valence-corrected chi connectivity index (χ1v) is 5.92. The maximum atomic E-state index is 12.0. The lowest BCUT2D eigenvalue weighted by atomic mass is 9.93. The lowest BCUT2D eigenvalue weighted by Gasteiger charge is -2.19. The molecular weight excluding hydrogens is 218 g/mol. The molecule has 1 amide bonds. The molecule has 92 valence electrons. The summed E-state index contributed by atoms with van der Waals surface area (Å²) >= 11 is 0. The molecule has 0 aliphatic heterocycles. The van der Waals surface area contributed by atoms with Gasteiger partial charge in [-0.05, 0) is 33.1 Å². The number of aromatic nitrogens is 2. The van der Waals surface area contributed by atoms with Crippen molar-refractivity contribution in [1.29, 1.82) is 0 Å². The largest absolute Gasteiger partial charge is 0.344 e. The minimum Gasteiger partial charge on any atom is -0.344 e. The van der Waals surface area contributed by atoms with Gasteiger partial charge in [0.15, 0.2) is 5.82 Å². The Hall–Kier alpha value is -1.65. The zero-order valence-electron chi connectivity index (χ0n) is 10.1. The van der Waals surface area contributed by atoms with Crippen LogP contribution in [0, 0.1) is 12.8 Å². The van der Waals surface area contributed by atoms with Crippen LogP contribution in [-0.4, -0.2) is 16.0 Å². The Morgan fingerprint density at radius 1 is 1.59 bits per heavy atom. The van der Waals surface area contributed by atoms with Crippen molar-refractivity contribution in [1.82, 2.24) is 15.5 Å². The van der Waals surface area contributed by atoms with Crippen molar-refractivity contribution in [2.75, 3.05) is 0 Å². The Morgan fingerprint density at radius 2 is 2.41 bits per heavy atom. The van der Waals surface area contributed by atoms with E-state index in [1.165, 1.54) is 0 Å². The molecule has 0 saturated carbocycles.